The molecule has 2 aromatic carbocycles. The Morgan fingerprint density at radius 3 is 2.47 bits per heavy atom. The summed E-state index contributed by atoms with van der Waals surface area (Å²) in [6, 6.07) is 15.7. The molecule has 0 bridgehead atoms. The Balaban J connectivity index is 0.00000133. The lowest BCUT2D eigenvalue weighted by molar-refractivity contribution is 0.554. The summed E-state index contributed by atoms with van der Waals surface area (Å²) in [5.41, 5.74) is 8.72. The monoisotopic (exact) mass is 293 g/mol. The fourth-order valence-corrected chi connectivity index (χ4v) is 2.36. The maximum absolute atomic E-state index is 6.06. The van der Waals surface area contributed by atoms with Crippen LogP contribution in [0, 0.1) is 0 Å². The zero-order chi connectivity index (χ0) is 12.5. The lowest BCUT2D eigenvalue weighted by atomic mass is 10.0. The molecule has 98 valence electrons. The molecule has 0 fully saturated rings. The van der Waals surface area contributed by atoms with Crippen LogP contribution in [0.15, 0.2) is 52.9 Å². The topological polar surface area (TPSA) is 39.2 Å². The molecule has 1 heterocycles. The molecule has 0 saturated heterocycles. The van der Waals surface area contributed by atoms with E-state index in [1.807, 2.05) is 48.5 Å². The van der Waals surface area contributed by atoms with Crippen LogP contribution >= 0.6 is 24.0 Å². The molecule has 2 nitrogen and oxygen atoms in total. The Kier molecular flexibility index (Phi) is 4.15. The van der Waals surface area contributed by atoms with Crippen LogP contribution in [0.25, 0.3) is 22.1 Å². The first kappa shape index (κ1) is 13.9. The largest absolute Gasteiger partial charge is 0.459 e. The smallest absolute Gasteiger partial charge is 0.135 e. The molecule has 3 aromatic rings. The highest BCUT2D eigenvalue weighted by Crippen LogP contribution is 2.35. The van der Waals surface area contributed by atoms with Crippen molar-refractivity contribution in [1.29, 1.82) is 0 Å². The van der Waals surface area contributed by atoms with E-state index in [2.05, 4.69) is 0 Å². The molecule has 0 aliphatic carbocycles. The van der Waals surface area contributed by atoms with Crippen molar-refractivity contribution >= 4 is 35.0 Å². The molecule has 19 heavy (non-hydrogen) atoms. The summed E-state index contributed by atoms with van der Waals surface area (Å²) in [6.45, 7) is 0.372. The summed E-state index contributed by atoms with van der Waals surface area (Å²) in [5, 5.41) is 1.71. The molecule has 0 amide bonds. The predicted octanol–water partition coefficient (Wildman–Crippen LogP) is 4.63. The first-order chi connectivity index (χ1) is 8.79. The number of nitrogens with two attached hydrogens (primary N) is 1. The number of furan rings is 1. The van der Waals surface area contributed by atoms with Gasteiger partial charge >= 0.3 is 0 Å². The van der Waals surface area contributed by atoms with Gasteiger partial charge in [-0.05, 0) is 23.8 Å². The zero-order valence-corrected chi connectivity index (χ0v) is 11.7. The second kappa shape index (κ2) is 5.66. The molecule has 2 N–H and O–H groups in total. The molecule has 4 heteroatoms. The summed E-state index contributed by atoms with van der Waals surface area (Å²) in [5.74, 6) is 0.790. The number of hydrogen-bond donors (Lipinski definition) is 1. The summed E-state index contributed by atoms with van der Waals surface area (Å²) < 4.78 is 5.77. The van der Waals surface area contributed by atoms with Gasteiger partial charge in [0, 0.05) is 16.0 Å². The van der Waals surface area contributed by atoms with Crippen molar-refractivity contribution < 1.29 is 4.42 Å². The van der Waals surface area contributed by atoms with Crippen molar-refractivity contribution in [3.63, 3.8) is 0 Å². The lowest BCUT2D eigenvalue weighted by Crippen LogP contribution is -1.95. The maximum Gasteiger partial charge on any atom is 0.135 e. The van der Waals surface area contributed by atoms with Gasteiger partial charge in [-0.2, -0.15) is 0 Å². The van der Waals surface area contributed by atoms with Crippen molar-refractivity contribution in [1.82, 2.24) is 0 Å². The first-order valence-electron chi connectivity index (χ1n) is 5.76. The van der Waals surface area contributed by atoms with Gasteiger partial charge in [0.1, 0.15) is 11.3 Å². The van der Waals surface area contributed by atoms with Crippen molar-refractivity contribution in [2.45, 2.75) is 6.54 Å². The number of fused-ring (bicyclic) bond motifs is 1. The number of benzene rings is 2. The van der Waals surface area contributed by atoms with Gasteiger partial charge in [-0.3, -0.25) is 0 Å². The number of halogens is 2. The highest BCUT2D eigenvalue weighted by atomic mass is 35.5. The van der Waals surface area contributed by atoms with Crippen molar-refractivity contribution in [2.75, 3.05) is 0 Å². The fraction of sp³-hybridized carbons (Fsp3) is 0.0667. The molecule has 0 atom stereocenters. The van der Waals surface area contributed by atoms with Crippen molar-refractivity contribution in [3.8, 4) is 11.1 Å². The van der Waals surface area contributed by atoms with Crippen LogP contribution in [0.5, 0.6) is 0 Å². The van der Waals surface area contributed by atoms with Gasteiger partial charge in [0.15, 0.2) is 0 Å². The third kappa shape index (κ3) is 2.47. The first-order valence-corrected chi connectivity index (χ1v) is 6.14. The summed E-state index contributed by atoms with van der Waals surface area (Å²) in [4.78, 5) is 0. The van der Waals surface area contributed by atoms with E-state index in [1.54, 1.807) is 0 Å². The van der Waals surface area contributed by atoms with E-state index < -0.39 is 0 Å². The average molecular weight is 294 g/mol. The van der Waals surface area contributed by atoms with E-state index >= 15 is 0 Å². The van der Waals surface area contributed by atoms with Crippen LogP contribution in [0.1, 0.15) is 5.76 Å². The quantitative estimate of drug-likeness (QED) is 0.748. The van der Waals surface area contributed by atoms with Gasteiger partial charge in [-0.25, -0.2) is 0 Å². The van der Waals surface area contributed by atoms with E-state index in [1.165, 1.54) is 0 Å². The van der Waals surface area contributed by atoms with Crippen LogP contribution in [0.3, 0.4) is 0 Å². The molecule has 0 unspecified atom stereocenters. The van der Waals surface area contributed by atoms with Crippen LogP contribution in [-0.4, -0.2) is 0 Å². The van der Waals surface area contributed by atoms with Gasteiger partial charge in [0.25, 0.3) is 0 Å². The lowest BCUT2D eigenvalue weighted by Gasteiger charge is -2.01. The zero-order valence-electron chi connectivity index (χ0n) is 10.1. The minimum absolute atomic E-state index is 0. The standard InChI is InChI=1S/C15H12ClNO.ClH/c16-11-6-7-13-12(8-11)15(14(9-17)18-13)10-4-2-1-3-5-10;/h1-8H,9,17H2;1H. The van der Waals surface area contributed by atoms with Gasteiger partial charge in [0.2, 0.25) is 0 Å². The Bertz CT molecular complexity index is 692. The minimum Gasteiger partial charge on any atom is -0.459 e. The summed E-state index contributed by atoms with van der Waals surface area (Å²) in [6.07, 6.45) is 0. The Morgan fingerprint density at radius 1 is 1.05 bits per heavy atom. The third-order valence-electron chi connectivity index (χ3n) is 2.97. The molecule has 3 rings (SSSR count). The second-order valence-electron chi connectivity index (χ2n) is 4.11. The Labute approximate surface area is 122 Å². The van der Waals surface area contributed by atoms with Crippen LogP contribution in [-0.2, 0) is 6.54 Å². The van der Waals surface area contributed by atoms with Crippen LogP contribution in [0.2, 0.25) is 5.02 Å². The van der Waals surface area contributed by atoms with Gasteiger partial charge in [0.05, 0.1) is 6.54 Å². The minimum atomic E-state index is 0. The Morgan fingerprint density at radius 2 is 1.79 bits per heavy atom. The summed E-state index contributed by atoms with van der Waals surface area (Å²) >= 11 is 6.06. The van der Waals surface area contributed by atoms with E-state index in [-0.39, 0.29) is 12.4 Å². The van der Waals surface area contributed by atoms with Crippen LogP contribution < -0.4 is 5.73 Å². The van der Waals surface area contributed by atoms with Crippen molar-refractivity contribution in [3.05, 3.63) is 59.3 Å². The predicted molar refractivity (Wildman–Crippen MR) is 81.8 cm³/mol. The highest BCUT2D eigenvalue weighted by Gasteiger charge is 2.14. The van der Waals surface area contributed by atoms with E-state index in [9.17, 15) is 0 Å². The van der Waals surface area contributed by atoms with E-state index in [4.69, 9.17) is 21.8 Å². The highest BCUT2D eigenvalue weighted by molar-refractivity contribution is 6.31. The van der Waals surface area contributed by atoms with Gasteiger partial charge in [-0.15, -0.1) is 12.4 Å². The molecular weight excluding hydrogens is 281 g/mol. The van der Waals surface area contributed by atoms with Gasteiger partial charge < -0.3 is 10.2 Å². The molecule has 1 aromatic heterocycles. The molecule has 0 spiro atoms. The normalized spacial score (nSPS) is 10.4. The maximum atomic E-state index is 6.06. The molecule has 0 radical (unpaired) electrons. The SMILES string of the molecule is Cl.NCc1oc2ccc(Cl)cc2c1-c1ccccc1. The second-order valence-corrected chi connectivity index (χ2v) is 4.55. The summed E-state index contributed by atoms with van der Waals surface area (Å²) in [7, 11) is 0. The fourth-order valence-electron chi connectivity index (χ4n) is 2.19. The van der Waals surface area contributed by atoms with E-state index in [0.717, 1.165) is 27.9 Å². The molecule has 0 saturated carbocycles. The number of hydrogen-bond acceptors (Lipinski definition) is 2. The van der Waals surface area contributed by atoms with E-state index in [0.29, 0.717) is 11.6 Å². The molecule has 0 aliphatic rings. The van der Waals surface area contributed by atoms with Crippen molar-refractivity contribution in [2.24, 2.45) is 5.73 Å². The Hall–Kier alpha value is -1.48. The molecule has 0 aliphatic heterocycles. The van der Waals surface area contributed by atoms with Crippen LogP contribution in [0.4, 0.5) is 0 Å². The molecular formula is C15H13Cl2NO. The average Bonchev–Trinajstić information content (AvgIpc) is 2.77. The number of rotatable bonds is 2. The third-order valence-corrected chi connectivity index (χ3v) is 3.21. The van der Waals surface area contributed by atoms with Gasteiger partial charge in [-0.1, -0.05) is 41.9 Å².